The Morgan fingerprint density at radius 2 is 1.74 bits per heavy atom. The summed E-state index contributed by atoms with van der Waals surface area (Å²) >= 11 is 7.26. The molecule has 1 aliphatic carbocycles. The fourth-order valence-corrected chi connectivity index (χ4v) is 4.12. The summed E-state index contributed by atoms with van der Waals surface area (Å²) in [6.45, 7) is 0.163. The molecular weight excluding hydrogens is 386 g/mol. The molecule has 6 nitrogen and oxygen atoms in total. The highest BCUT2D eigenvalue weighted by atomic mass is 35.5. The van der Waals surface area contributed by atoms with E-state index in [0.29, 0.717) is 15.5 Å². The number of benzene rings is 1. The van der Waals surface area contributed by atoms with Gasteiger partial charge in [0.25, 0.3) is 11.8 Å². The highest BCUT2D eigenvalue weighted by Crippen LogP contribution is 2.29. The maximum absolute atomic E-state index is 12.2. The Kier molecular flexibility index (Phi) is 6.47. The maximum Gasteiger partial charge on any atom is 0.279 e. The number of hydrogen-bond donors (Lipinski definition) is 3. The van der Waals surface area contributed by atoms with Gasteiger partial charge in [-0.05, 0) is 61.6 Å². The summed E-state index contributed by atoms with van der Waals surface area (Å²) in [6.07, 6.45) is 4.41. The van der Waals surface area contributed by atoms with Crippen molar-refractivity contribution in [1.82, 2.24) is 16.2 Å². The van der Waals surface area contributed by atoms with E-state index in [0.717, 1.165) is 25.7 Å². The zero-order chi connectivity index (χ0) is 19.2. The minimum atomic E-state index is -0.374. The van der Waals surface area contributed by atoms with E-state index in [9.17, 15) is 14.4 Å². The Morgan fingerprint density at radius 1 is 1.00 bits per heavy atom. The van der Waals surface area contributed by atoms with Crippen LogP contribution in [0.4, 0.5) is 0 Å². The van der Waals surface area contributed by atoms with Crippen molar-refractivity contribution in [3.63, 3.8) is 0 Å². The van der Waals surface area contributed by atoms with Crippen molar-refractivity contribution in [1.29, 1.82) is 0 Å². The van der Waals surface area contributed by atoms with Gasteiger partial charge in [-0.3, -0.25) is 25.2 Å². The molecule has 3 rings (SSSR count). The molecule has 3 N–H and O–H groups in total. The average molecular weight is 406 g/mol. The lowest BCUT2D eigenvalue weighted by Crippen LogP contribution is -2.42. The van der Waals surface area contributed by atoms with Crippen molar-refractivity contribution in [3.8, 4) is 0 Å². The van der Waals surface area contributed by atoms with Crippen molar-refractivity contribution in [2.24, 2.45) is 0 Å². The van der Waals surface area contributed by atoms with Crippen LogP contribution in [0.25, 0.3) is 0 Å². The molecule has 2 aromatic rings. The van der Waals surface area contributed by atoms with E-state index in [1.54, 1.807) is 24.3 Å². The third-order valence-electron chi connectivity index (χ3n) is 4.28. The molecule has 0 unspecified atom stereocenters. The van der Waals surface area contributed by atoms with Crippen LogP contribution in [0.15, 0.2) is 30.3 Å². The van der Waals surface area contributed by atoms with Crippen molar-refractivity contribution < 1.29 is 14.4 Å². The second kappa shape index (κ2) is 9.01. The summed E-state index contributed by atoms with van der Waals surface area (Å²) in [5.41, 5.74) is 6.52. The molecule has 1 heterocycles. The quantitative estimate of drug-likeness (QED) is 0.668. The number of aryl methyl sites for hydroxylation is 2. The molecule has 3 amide bonds. The Balaban J connectivity index is 1.39. The van der Waals surface area contributed by atoms with Crippen LogP contribution in [0.5, 0.6) is 0 Å². The molecule has 0 atom stereocenters. The van der Waals surface area contributed by atoms with Gasteiger partial charge in [-0.2, -0.15) is 0 Å². The van der Waals surface area contributed by atoms with Crippen LogP contribution >= 0.6 is 22.9 Å². The van der Waals surface area contributed by atoms with Gasteiger partial charge in [0.1, 0.15) is 0 Å². The standard InChI is InChI=1S/C19H20ClN3O3S/c20-14-7-5-12(6-8-14)18(25)21-10-9-17(24)22-23-19(26)16-11-13-3-1-2-4-15(13)27-16/h5-8,11H,1-4,9-10H2,(H,21,25)(H,22,24)(H,23,26). The number of amides is 3. The molecule has 0 saturated heterocycles. The topological polar surface area (TPSA) is 87.3 Å². The Bertz CT molecular complexity index is 825. The predicted molar refractivity (Wildman–Crippen MR) is 105 cm³/mol. The van der Waals surface area contributed by atoms with E-state index >= 15 is 0 Å². The van der Waals surface area contributed by atoms with Gasteiger partial charge in [0.05, 0.1) is 4.88 Å². The Morgan fingerprint density at radius 3 is 2.48 bits per heavy atom. The molecule has 8 heteroatoms. The first-order valence-electron chi connectivity index (χ1n) is 8.77. The molecule has 0 radical (unpaired) electrons. The van der Waals surface area contributed by atoms with E-state index < -0.39 is 0 Å². The van der Waals surface area contributed by atoms with Crippen molar-refractivity contribution >= 4 is 40.7 Å². The second-order valence-corrected chi connectivity index (χ2v) is 7.85. The van der Waals surface area contributed by atoms with E-state index in [1.165, 1.54) is 21.8 Å². The summed E-state index contributed by atoms with van der Waals surface area (Å²) in [5.74, 6) is -0.971. The van der Waals surface area contributed by atoms with Crippen LogP contribution in [0.1, 0.15) is 49.7 Å². The van der Waals surface area contributed by atoms with Gasteiger partial charge in [-0.15, -0.1) is 11.3 Å². The number of carbonyl (C=O) groups is 3. The largest absolute Gasteiger partial charge is 0.352 e. The van der Waals surface area contributed by atoms with Gasteiger partial charge < -0.3 is 5.32 Å². The normalized spacial score (nSPS) is 12.8. The molecule has 1 aliphatic rings. The Labute approximate surface area is 166 Å². The maximum atomic E-state index is 12.2. The van der Waals surface area contributed by atoms with Gasteiger partial charge in [0, 0.05) is 28.4 Å². The van der Waals surface area contributed by atoms with Crippen molar-refractivity contribution in [2.45, 2.75) is 32.1 Å². The number of hydrazine groups is 1. The summed E-state index contributed by atoms with van der Waals surface area (Å²) in [7, 11) is 0. The summed E-state index contributed by atoms with van der Waals surface area (Å²) < 4.78 is 0. The van der Waals surface area contributed by atoms with Crippen molar-refractivity contribution in [2.75, 3.05) is 6.54 Å². The molecule has 27 heavy (non-hydrogen) atoms. The number of hydrogen-bond acceptors (Lipinski definition) is 4. The van der Waals surface area contributed by atoms with Crippen LogP contribution in [0, 0.1) is 0 Å². The monoisotopic (exact) mass is 405 g/mol. The van der Waals surface area contributed by atoms with Gasteiger partial charge in [0.15, 0.2) is 0 Å². The van der Waals surface area contributed by atoms with E-state index in [1.807, 2.05) is 6.07 Å². The summed E-state index contributed by atoms with van der Waals surface area (Å²) in [5, 5.41) is 3.20. The molecule has 0 bridgehead atoms. The minimum Gasteiger partial charge on any atom is -0.352 e. The van der Waals surface area contributed by atoms with Crippen molar-refractivity contribution in [3.05, 3.63) is 56.2 Å². The van der Waals surface area contributed by atoms with E-state index in [2.05, 4.69) is 16.2 Å². The van der Waals surface area contributed by atoms with Gasteiger partial charge in [0.2, 0.25) is 5.91 Å². The zero-order valence-corrected chi connectivity index (χ0v) is 16.2. The smallest absolute Gasteiger partial charge is 0.279 e. The number of halogens is 1. The van der Waals surface area contributed by atoms with Crippen LogP contribution in [0.3, 0.4) is 0 Å². The Hall–Kier alpha value is -2.38. The fourth-order valence-electron chi connectivity index (χ4n) is 2.85. The molecule has 0 fully saturated rings. The molecule has 1 aromatic carbocycles. The number of fused-ring (bicyclic) bond motifs is 1. The van der Waals surface area contributed by atoms with E-state index in [4.69, 9.17) is 11.6 Å². The molecule has 0 aliphatic heterocycles. The first-order chi connectivity index (χ1) is 13.0. The number of carbonyl (C=O) groups excluding carboxylic acids is 3. The van der Waals surface area contributed by atoms with Gasteiger partial charge in [-0.25, -0.2) is 0 Å². The van der Waals surface area contributed by atoms with Gasteiger partial charge >= 0.3 is 0 Å². The van der Waals surface area contributed by atoms with Crippen LogP contribution < -0.4 is 16.2 Å². The average Bonchev–Trinajstić information content (AvgIpc) is 3.11. The molecule has 1 aromatic heterocycles. The molecular formula is C19H20ClN3O3S. The lowest BCUT2D eigenvalue weighted by molar-refractivity contribution is -0.121. The second-order valence-electron chi connectivity index (χ2n) is 6.28. The summed E-state index contributed by atoms with van der Waals surface area (Å²) in [4.78, 5) is 37.8. The van der Waals surface area contributed by atoms with Gasteiger partial charge in [-0.1, -0.05) is 11.6 Å². The number of thiophene rings is 1. The lowest BCUT2D eigenvalue weighted by atomic mass is 9.99. The predicted octanol–water partition coefficient (Wildman–Crippen LogP) is 2.86. The molecule has 0 saturated carbocycles. The number of rotatable bonds is 5. The minimum absolute atomic E-state index is 0.0561. The first kappa shape index (κ1) is 19.4. The summed E-state index contributed by atoms with van der Waals surface area (Å²) in [6, 6.07) is 8.38. The van der Waals surface area contributed by atoms with Crippen LogP contribution in [0.2, 0.25) is 5.02 Å². The first-order valence-corrected chi connectivity index (χ1v) is 9.97. The number of nitrogens with one attached hydrogen (secondary N) is 3. The van der Waals surface area contributed by atoms with Crippen LogP contribution in [-0.2, 0) is 17.6 Å². The zero-order valence-electron chi connectivity index (χ0n) is 14.6. The van der Waals surface area contributed by atoms with E-state index in [-0.39, 0.29) is 30.7 Å². The highest BCUT2D eigenvalue weighted by molar-refractivity contribution is 7.14. The SMILES string of the molecule is O=C(CCNC(=O)c1ccc(Cl)cc1)NNC(=O)c1cc2c(s1)CCCC2. The third kappa shape index (κ3) is 5.30. The lowest BCUT2D eigenvalue weighted by Gasteiger charge is -2.08. The van der Waals surface area contributed by atoms with Crippen LogP contribution in [-0.4, -0.2) is 24.3 Å². The third-order valence-corrected chi connectivity index (χ3v) is 5.77. The molecule has 0 spiro atoms. The highest BCUT2D eigenvalue weighted by Gasteiger charge is 2.17. The molecule has 142 valence electrons. The fraction of sp³-hybridized carbons (Fsp3) is 0.316.